The SMILES string of the molecule is CCOc1cc2c(cc1NC(=O)C1CC3CCCC(C1)C31SCCS1)OC(C)C2. The van der Waals surface area contributed by atoms with Gasteiger partial charge in [0.2, 0.25) is 5.91 Å². The van der Waals surface area contributed by atoms with Crippen LogP contribution in [0.1, 0.15) is 51.5 Å². The molecule has 29 heavy (non-hydrogen) atoms. The first kappa shape index (κ1) is 19.9. The van der Waals surface area contributed by atoms with Gasteiger partial charge in [0.15, 0.2) is 0 Å². The van der Waals surface area contributed by atoms with Crippen LogP contribution in [0.4, 0.5) is 5.69 Å². The molecule has 0 aromatic heterocycles. The van der Waals surface area contributed by atoms with Gasteiger partial charge in [-0.3, -0.25) is 4.79 Å². The molecular weight excluding hydrogens is 402 g/mol. The number of hydrogen-bond acceptors (Lipinski definition) is 5. The molecule has 1 saturated heterocycles. The summed E-state index contributed by atoms with van der Waals surface area (Å²) in [4.78, 5) is 13.3. The second kappa shape index (κ2) is 7.92. The van der Waals surface area contributed by atoms with Crippen LogP contribution in [0, 0.1) is 17.8 Å². The fourth-order valence-electron chi connectivity index (χ4n) is 5.87. The van der Waals surface area contributed by atoms with Crippen molar-refractivity contribution in [2.45, 2.75) is 62.6 Å². The van der Waals surface area contributed by atoms with Gasteiger partial charge in [0.1, 0.15) is 17.6 Å². The highest BCUT2D eigenvalue weighted by atomic mass is 32.2. The minimum Gasteiger partial charge on any atom is -0.492 e. The molecule has 6 heteroatoms. The van der Waals surface area contributed by atoms with Crippen molar-refractivity contribution in [2.75, 3.05) is 23.4 Å². The van der Waals surface area contributed by atoms with Crippen LogP contribution in [0.15, 0.2) is 12.1 Å². The zero-order valence-corrected chi connectivity index (χ0v) is 19.0. The first-order valence-electron chi connectivity index (χ1n) is 11.1. The topological polar surface area (TPSA) is 47.6 Å². The van der Waals surface area contributed by atoms with E-state index in [-0.39, 0.29) is 17.9 Å². The molecule has 2 heterocycles. The van der Waals surface area contributed by atoms with Gasteiger partial charge >= 0.3 is 0 Å². The summed E-state index contributed by atoms with van der Waals surface area (Å²) >= 11 is 4.39. The lowest BCUT2D eigenvalue weighted by atomic mass is 9.67. The Kier molecular flexibility index (Phi) is 5.44. The lowest BCUT2D eigenvalue weighted by molar-refractivity contribution is -0.122. The number of rotatable bonds is 4. The molecule has 2 bridgehead atoms. The second-order valence-electron chi connectivity index (χ2n) is 8.92. The van der Waals surface area contributed by atoms with Crippen LogP contribution >= 0.6 is 23.5 Å². The van der Waals surface area contributed by atoms with Gasteiger partial charge in [-0.15, -0.1) is 23.5 Å². The number of thioether (sulfide) groups is 2. The lowest BCUT2D eigenvalue weighted by Crippen LogP contribution is -2.48. The van der Waals surface area contributed by atoms with E-state index in [2.05, 4.69) is 35.8 Å². The van der Waals surface area contributed by atoms with Crippen molar-refractivity contribution in [3.05, 3.63) is 17.7 Å². The predicted octanol–water partition coefficient (Wildman–Crippen LogP) is 5.35. The molecule has 2 saturated carbocycles. The maximum Gasteiger partial charge on any atom is 0.227 e. The van der Waals surface area contributed by atoms with E-state index in [1.807, 2.05) is 19.1 Å². The van der Waals surface area contributed by atoms with E-state index in [0.29, 0.717) is 22.5 Å². The molecule has 158 valence electrons. The Bertz CT molecular complexity index is 777. The Morgan fingerprint density at radius 3 is 2.66 bits per heavy atom. The number of benzene rings is 1. The Labute approximate surface area is 182 Å². The van der Waals surface area contributed by atoms with Gasteiger partial charge < -0.3 is 14.8 Å². The fourth-order valence-corrected chi connectivity index (χ4v) is 9.81. The molecule has 1 N–H and O–H groups in total. The van der Waals surface area contributed by atoms with Crippen molar-refractivity contribution in [2.24, 2.45) is 17.8 Å². The average Bonchev–Trinajstić information content (AvgIpc) is 3.28. The Hall–Kier alpha value is -1.01. The van der Waals surface area contributed by atoms with Crippen molar-refractivity contribution in [1.29, 1.82) is 0 Å². The van der Waals surface area contributed by atoms with Gasteiger partial charge in [-0.25, -0.2) is 0 Å². The maximum atomic E-state index is 13.3. The molecule has 1 aromatic carbocycles. The van der Waals surface area contributed by atoms with Crippen molar-refractivity contribution in [3.8, 4) is 11.5 Å². The summed E-state index contributed by atoms with van der Waals surface area (Å²) in [7, 11) is 0. The van der Waals surface area contributed by atoms with E-state index >= 15 is 0 Å². The molecule has 4 nitrogen and oxygen atoms in total. The molecule has 3 fully saturated rings. The van der Waals surface area contributed by atoms with Crippen LogP contribution in [0.25, 0.3) is 0 Å². The number of nitrogens with one attached hydrogen (secondary N) is 1. The third kappa shape index (κ3) is 3.54. The third-order valence-corrected chi connectivity index (χ3v) is 11.1. The van der Waals surface area contributed by atoms with Crippen molar-refractivity contribution in [1.82, 2.24) is 0 Å². The number of fused-ring (bicyclic) bond motifs is 1. The van der Waals surface area contributed by atoms with E-state index in [9.17, 15) is 4.79 Å². The molecule has 4 aliphatic rings. The molecule has 1 amide bonds. The van der Waals surface area contributed by atoms with Gasteiger partial charge in [-0.05, 0) is 57.4 Å². The third-order valence-electron chi connectivity index (χ3n) is 7.05. The van der Waals surface area contributed by atoms with Crippen molar-refractivity contribution in [3.63, 3.8) is 0 Å². The van der Waals surface area contributed by atoms with Gasteiger partial charge in [-0.1, -0.05) is 6.42 Å². The fraction of sp³-hybridized carbons (Fsp3) is 0.696. The number of ether oxygens (including phenoxy) is 2. The summed E-state index contributed by atoms with van der Waals surface area (Å²) in [6.07, 6.45) is 7.05. The molecule has 2 aliphatic heterocycles. The molecule has 1 spiro atoms. The Balaban J connectivity index is 1.34. The summed E-state index contributed by atoms with van der Waals surface area (Å²) in [6, 6.07) is 4.02. The first-order valence-corrected chi connectivity index (χ1v) is 13.1. The van der Waals surface area contributed by atoms with Gasteiger partial charge in [-0.2, -0.15) is 0 Å². The summed E-state index contributed by atoms with van der Waals surface area (Å²) in [5, 5.41) is 3.22. The highest BCUT2D eigenvalue weighted by Gasteiger charge is 2.55. The minimum absolute atomic E-state index is 0.111. The van der Waals surface area contributed by atoms with Crippen molar-refractivity contribution < 1.29 is 14.3 Å². The molecule has 1 aromatic rings. The van der Waals surface area contributed by atoms with E-state index in [1.54, 1.807) is 0 Å². The Morgan fingerprint density at radius 2 is 1.97 bits per heavy atom. The monoisotopic (exact) mass is 433 g/mol. The van der Waals surface area contributed by atoms with Crippen LogP contribution in [0.3, 0.4) is 0 Å². The van der Waals surface area contributed by atoms with Crippen molar-refractivity contribution >= 4 is 35.1 Å². The quantitative estimate of drug-likeness (QED) is 0.694. The van der Waals surface area contributed by atoms with Crippen LogP contribution in [0.2, 0.25) is 0 Å². The lowest BCUT2D eigenvalue weighted by Gasteiger charge is -2.52. The molecule has 0 radical (unpaired) electrons. The number of anilines is 1. The van der Waals surface area contributed by atoms with E-state index in [0.717, 1.165) is 36.4 Å². The number of carbonyl (C=O) groups is 1. The average molecular weight is 434 g/mol. The molecular formula is C23H31NO3S2. The van der Waals surface area contributed by atoms with Gasteiger partial charge in [0, 0.05) is 35.5 Å². The molecule has 3 atom stereocenters. The standard InChI is InChI=1S/C23H31NO3S2/c1-3-26-21-12-15-9-14(2)27-20(15)13-19(21)24-22(25)16-10-17-5-4-6-18(11-16)23(17)28-7-8-29-23/h12-14,16-18H,3-11H2,1-2H3,(H,24,25). The zero-order chi connectivity index (χ0) is 20.0. The molecule has 5 rings (SSSR count). The zero-order valence-electron chi connectivity index (χ0n) is 17.4. The Morgan fingerprint density at radius 1 is 1.24 bits per heavy atom. The van der Waals surface area contributed by atoms with E-state index < -0.39 is 0 Å². The predicted molar refractivity (Wildman–Crippen MR) is 121 cm³/mol. The number of hydrogen-bond donors (Lipinski definition) is 1. The normalized spacial score (nSPS) is 31.9. The first-order chi connectivity index (χ1) is 14.1. The van der Waals surface area contributed by atoms with Gasteiger partial charge in [0.05, 0.1) is 16.4 Å². The maximum absolute atomic E-state index is 13.3. The van der Waals surface area contributed by atoms with E-state index in [4.69, 9.17) is 9.47 Å². The van der Waals surface area contributed by atoms with Gasteiger partial charge in [0.25, 0.3) is 0 Å². The largest absolute Gasteiger partial charge is 0.492 e. The smallest absolute Gasteiger partial charge is 0.227 e. The van der Waals surface area contributed by atoms with Crippen LogP contribution < -0.4 is 14.8 Å². The van der Waals surface area contributed by atoms with E-state index in [1.165, 1.54) is 36.3 Å². The highest BCUT2D eigenvalue weighted by Crippen LogP contribution is 2.64. The molecule has 3 unspecified atom stereocenters. The second-order valence-corrected chi connectivity index (χ2v) is 11.9. The highest BCUT2D eigenvalue weighted by molar-refractivity contribution is 8.21. The van der Waals surface area contributed by atoms with Crippen LogP contribution in [-0.4, -0.2) is 34.2 Å². The minimum atomic E-state index is 0.111. The molecule has 2 aliphatic carbocycles. The number of carbonyl (C=O) groups excluding carboxylic acids is 1. The summed E-state index contributed by atoms with van der Waals surface area (Å²) < 4.78 is 12.2. The number of amides is 1. The van der Waals surface area contributed by atoms with Crippen LogP contribution in [-0.2, 0) is 11.2 Å². The van der Waals surface area contributed by atoms with Crippen LogP contribution in [0.5, 0.6) is 11.5 Å². The summed E-state index contributed by atoms with van der Waals surface area (Å²) in [6.45, 7) is 4.65. The summed E-state index contributed by atoms with van der Waals surface area (Å²) in [5.74, 6) is 5.84. The summed E-state index contributed by atoms with van der Waals surface area (Å²) in [5.41, 5.74) is 1.93.